The predicted molar refractivity (Wildman–Crippen MR) is 48.7 cm³/mol. The third-order valence-corrected chi connectivity index (χ3v) is 2.35. The number of carboxylic acids is 1. The van der Waals surface area contributed by atoms with Gasteiger partial charge >= 0.3 is 5.97 Å². The molecule has 0 aromatic carbocycles. The number of aliphatic carboxylic acids is 1. The summed E-state index contributed by atoms with van der Waals surface area (Å²) in [7, 11) is 0. The molecule has 0 amide bonds. The molecule has 1 rings (SSSR count). The molecule has 4 nitrogen and oxygen atoms in total. The molecule has 13 heavy (non-hydrogen) atoms. The second kappa shape index (κ2) is 5.19. The van der Waals surface area contributed by atoms with E-state index in [-0.39, 0.29) is 6.54 Å². The van der Waals surface area contributed by atoms with Gasteiger partial charge in [-0.25, -0.2) is 0 Å². The molecule has 1 aliphatic rings. The smallest absolute Gasteiger partial charge is 0.317 e. The van der Waals surface area contributed by atoms with Crippen LogP contribution in [-0.2, 0) is 9.53 Å². The highest BCUT2D eigenvalue weighted by Crippen LogP contribution is 2.16. The topological polar surface area (TPSA) is 49.8 Å². The summed E-state index contributed by atoms with van der Waals surface area (Å²) >= 11 is 0. The fourth-order valence-electron chi connectivity index (χ4n) is 1.72. The molecule has 1 aliphatic heterocycles. The van der Waals surface area contributed by atoms with Crippen LogP contribution in [0.4, 0.5) is 0 Å². The quantitative estimate of drug-likeness (QED) is 0.683. The highest BCUT2D eigenvalue weighted by Gasteiger charge is 2.25. The Balaban J connectivity index is 2.30. The van der Waals surface area contributed by atoms with Gasteiger partial charge in [0.05, 0.1) is 13.2 Å². The first-order valence-electron chi connectivity index (χ1n) is 4.77. The average molecular weight is 187 g/mol. The van der Waals surface area contributed by atoms with Gasteiger partial charge in [0.1, 0.15) is 0 Å². The van der Waals surface area contributed by atoms with E-state index in [9.17, 15) is 4.79 Å². The highest BCUT2D eigenvalue weighted by molar-refractivity contribution is 5.69. The Morgan fingerprint density at radius 2 is 2.46 bits per heavy atom. The number of carboxylic acid groups (broad SMARTS) is 1. The van der Waals surface area contributed by atoms with E-state index in [1.165, 1.54) is 0 Å². The van der Waals surface area contributed by atoms with Gasteiger partial charge < -0.3 is 9.84 Å². The van der Waals surface area contributed by atoms with Gasteiger partial charge in [-0.15, -0.1) is 0 Å². The molecular formula is C9H17NO3. The van der Waals surface area contributed by atoms with Gasteiger partial charge in [-0.3, -0.25) is 9.69 Å². The summed E-state index contributed by atoms with van der Waals surface area (Å²) in [4.78, 5) is 12.5. The van der Waals surface area contributed by atoms with Crippen LogP contribution in [0.2, 0.25) is 0 Å². The normalized spacial score (nSPS) is 23.6. The zero-order valence-electron chi connectivity index (χ0n) is 8.03. The number of rotatable bonds is 5. The number of likely N-dealkylation sites (tertiary alicyclic amines) is 1. The average Bonchev–Trinajstić information content (AvgIpc) is 2.48. The van der Waals surface area contributed by atoms with E-state index in [2.05, 4.69) is 0 Å². The molecule has 0 aliphatic carbocycles. The van der Waals surface area contributed by atoms with Crippen LogP contribution in [0, 0.1) is 0 Å². The van der Waals surface area contributed by atoms with Crippen LogP contribution in [0.3, 0.4) is 0 Å². The lowest BCUT2D eigenvalue weighted by Crippen LogP contribution is -2.37. The minimum Gasteiger partial charge on any atom is -0.480 e. The zero-order chi connectivity index (χ0) is 9.68. The van der Waals surface area contributed by atoms with Crippen LogP contribution in [0.5, 0.6) is 0 Å². The molecule has 0 radical (unpaired) electrons. The van der Waals surface area contributed by atoms with Gasteiger partial charge in [-0.1, -0.05) is 0 Å². The third-order valence-electron chi connectivity index (χ3n) is 2.35. The summed E-state index contributed by atoms with van der Waals surface area (Å²) in [5.74, 6) is -0.747. The lowest BCUT2D eigenvalue weighted by molar-refractivity contribution is -0.138. The van der Waals surface area contributed by atoms with Crippen molar-refractivity contribution in [2.24, 2.45) is 0 Å². The van der Waals surface area contributed by atoms with Gasteiger partial charge in [-0.2, -0.15) is 0 Å². The van der Waals surface area contributed by atoms with Crippen molar-refractivity contribution in [3.8, 4) is 0 Å². The second-order valence-electron chi connectivity index (χ2n) is 3.32. The number of hydrogen-bond acceptors (Lipinski definition) is 3. The van der Waals surface area contributed by atoms with E-state index in [1.807, 2.05) is 11.8 Å². The summed E-state index contributed by atoms with van der Waals surface area (Å²) in [5.41, 5.74) is 0. The summed E-state index contributed by atoms with van der Waals surface area (Å²) in [6.45, 7) is 4.37. The molecule has 1 atom stereocenters. The Morgan fingerprint density at radius 1 is 1.69 bits per heavy atom. The van der Waals surface area contributed by atoms with Crippen LogP contribution < -0.4 is 0 Å². The number of nitrogens with zero attached hydrogens (tertiary/aromatic N) is 1. The van der Waals surface area contributed by atoms with E-state index in [4.69, 9.17) is 9.84 Å². The first kappa shape index (κ1) is 10.5. The third kappa shape index (κ3) is 3.32. The zero-order valence-corrected chi connectivity index (χ0v) is 8.03. The predicted octanol–water partition coefficient (Wildman–Crippen LogP) is 0.572. The highest BCUT2D eigenvalue weighted by atomic mass is 16.5. The fraction of sp³-hybridized carbons (Fsp3) is 0.889. The van der Waals surface area contributed by atoms with E-state index in [0.29, 0.717) is 19.3 Å². The SMILES string of the molecule is CCOCC1CCCN1CC(=O)O. The van der Waals surface area contributed by atoms with Gasteiger partial charge in [0.15, 0.2) is 0 Å². The second-order valence-corrected chi connectivity index (χ2v) is 3.32. The Bertz CT molecular complexity index is 172. The molecule has 1 heterocycles. The van der Waals surface area contributed by atoms with Crippen LogP contribution in [0.25, 0.3) is 0 Å². The van der Waals surface area contributed by atoms with Gasteiger partial charge in [0.2, 0.25) is 0 Å². The van der Waals surface area contributed by atoms with Crippen LogP contribution >= 0.6 is 0 Å². The van der Waals surface area contributed by atoms with Crippen molar-refractivity contribution in [3.63, 3.8) is 0 Å². The Labute approximate surface area is 78.5 Å². The van der Waals surface area contributed by atoms with E-state index >= 15 is 0 Å². The molecule has 4 heteroatoms. The van der Waals surface area contributed by atoms with Crippen molar-refractivity contribution in [1.82, 2.24) is 4.90 Å². The maximum atomic E-state index is 10.5. The molecule has 1 unspecified atom stereocenters. The first-order valence-corrected chi connectivity index (χ1v) is 4.77. The minimum atomic E-state index is -0.747. The maximum Gasteiger partial charge on any atom is 0.317 e. The van der Waals surface area contributed by atoms with Crippen molar-refractivity contribution in [3.05, 3.63) is 0 Å². The van der Waals surface area contributed by atoms with E-state index in [1.54, 1.807) is 0 Å². The van der Waals surface area contributed by atoms with E-state index < -0.39 is 5.97 Å². The van der Waals surface area contributed by atoms with Crippen LogP contribution in [0.15, 0.2) is 0 Å². The lowest BCUT2D eigenvalue weighted by Gasteiger charge is -2.21. The Hall–Kier alpha value is -0.610. The number of carbonyl (C=O) groups is 1. The fourth-order valence-corrected chi connectivity index (χ4v) is 1.72. The van der Waals surface area contributed by atoms with Crippen molar-refractivity contribution in [1.29, 1.82) is 0 Å². The summed E-state index contributed by atoms with van der Waals surface area (Å²) in [6.07, 6.45) is 2.15. The standard InChI is InChI=1S/C9H17NO3/c1-2-13-7-8-4-3-5-10(8)6-9(11)12/h8H,2-7H2,1H3,(H,11,12). The van der Waals surface area contributed by atoms with E-state index in [0.717, 1.165) is 19.4 Å². The maximum absolute atomic E-state index is 10.5. The molecule has 76 valence electrons. The lowest BCUT2D eigenvalue weighted by atomic mass is 10.2. The Morgan fingerprint density at radius 3 is 3.08 bits per heavy atom. The summed E-state index contributed by atoms with van der Waals surface area (Å²) < 4.78 is 5.29. The minimum absolute atomic E-state index is 0.151. The monoisotopic (exact) mass is 187 g/mol. The van der Waals surface area contributed by atoms with Crippen molar-refractivity contribution < 1.29 is 14.6 Å². The largest absolute Gasteiger partial charge is 0.480 e. The molecule has 1 N–H and O–H groups in total. The van der Waals surface area contributed by atoms with Gasteiger partial charge in [0, 0.05) is 12.6 Å². The molecule has 1 saturated heterocycles. The molecule has 0 aromatic heterocycles. The Kier molecular flexibility index (Phi) is 4.18. The molecule has 1 fully saturated rings. The number of ether oxygens (including phenoxy) is 1. The first-order chi connectivity index (χ1) is 6.24. The van der Waals surface area contributed by atoms with Crippen molar-refractivity contribution >= 4 is 5.97 Å². The van der Waals surface area contributed by atoms with Crippen molar-refractivity contribution in [2.75, 3.05) is 26.3 Å². The molecule has 0 bridgehead atoms. The summed E-state index contributed by atoms with van der Waals surface area (Å²) in [6, 6.07) is 0.316. The van der Waals surface area contributed by atoms with Crippen LogP contribution in [0.1, 0.15) is 19.8 Å². The number of hydrogen-bond donors (Lipinski definition) is 1. The molecule has 0 spiro atoms. The molecule has 0 saturated carbocycles. The van der Waals surface area contributed by atoms with Gasteiger partial charge in [0.25, 0.3) is 0 Å². The van der Waals surface area contributed by atoms with Crippen LogP contribution in [-0.4, -0.2) is 48.3 Å². The summed E-state index contributed by atoms with van der Waals surface area (Å²) in [5, 5.41) is 8.63. The van der Waals surface area contributed by atoms with Gasteiger partial charge in [-0.05, 0) is 26.3 Å². The van der Waals surface area contributed by atoms with Crippen molar-refractivity contribution in [2.45, 2.75) is 25.8 Å². The molecular weight excluding hydrogens is 170 g/mol. The molecule has 0 aromatic rings.